The van der Waals surface area contributed by atoms with Crippen molar-refractivity contribution in [2.75, 3.05) is 19.1 Å². The molecule has 0 bridgehead atoms. The van der Waals surface area contributed by atoms with Gasteiger partial charge in [-0.1, -0.05) is 20.8 Å². The quantitative estimate of drug-likeness (QED) is 0.445. The lowest BCUT2D eigenvalue weighted by molar-refractivity contribution is 0.150. The van der Waals surface area contributed by atoms with Gasteiger partial charge in [0.15, 0.2) is 0 Å². The van der Waals surface area contributed by atoms with Gasteiger partial charge in [-0.05, 0) is 6.42 Å². The third-order valence-electron chi connectivity index (χ3n) is 0.570. The van der Waals surface area contributed by atoms with Gasteiger partial charge in [0.25, 0.3) is 0 Å². The summed E-state index contributed by atoms with van der Waals surface area (Å²) in [7, 11) is 0. The molecule has 0 aliphatic rings. The minimum absolute atomic E-state index is 0.611. The van der Waals surface area contributed by atoms with Crippen LogP contribution in [0, 0.1) is 0 Å². The molecule has 0 saturated heterocycles. The molecule has 0 rings (SSSR count). The molecule has 0 unspecified atom stereocenters. The molecule has 9 heavy (non-hydrogen) atoms. The fourth-order valence-electron chi connectivity index (χ4n) is 0.301. The number of halogens is 1. The summed E-state index contributed by atoms with van der Waals surface area (Å²) in [5, 5.41) is 0. The summed E-state index contributed by atoms with van der Waals surface area (Å²) in [6, 6.07) is 0. The second kappa shape index (κ2) is 15.7. The van der Waals surface area contributed by atoms with Crippen LogP contribution in [0.4, 0.5) is 0 Å². The first kappa shape index (κ1) is 12.0. The van der Waals surface area contributed by atoms with Crippen molar-refractivity contribution in [1.29, 1.82) is 0 Å². The fraction of sp³-hybridized carbons (Fsp3) is 1.00. The van der Waals surface area contributed by atoms with E-state index in [0.717, 1.165) is 13.0 Å². The van der Waals surface area contributed by atoms with Gasteiger partial charge in [-0.25, -0.2) is 0 Å². The van der Waals surface area contributed by atoms with Crippen molar-refractivity contribution >= 4 is 11.6 Å². The first-order valence-electron chi connectivity index (χ1n) is 3.55. The van der Waals surface area contributed by atoms with E-state index in [9.17, 15) is 0 Å². The molecule has 0 heterocycles. The largest absolute Gasteiger partial charge is 0.380 e. The second-order valence-electron chi connectivity index (χ2n) is 1.30. The van der Waals surface area contributed by atoms with Crippen LogP contribution < -0.4 is 0 Å². The minimum atomic E-state index is 0.611. The van der Waals surface area contributed by atoms with E-state index in [2.05, 4.69) is 6.92 Å². The Morgan fingerprint density at radius 3 is 2.11 bits per heavy atom. The summed E-state index contributed by atoms with van der Waals surface area (Å²) in [6.07, 6.45) is 1.08. The first-order chi connectivity index (χ1) is 4.41. The molecule has 0 spiro atoms. The van der Waals surface area contributed by atoms with Gasteiger partial charge in [0.1, 0.15) is 0 Å². The molecule has 0 saturated carbocycles. The van der Waals surface area contributed by atoms with Crippen LogP contribution in [0.25, 0.3) is 0 Å². The normalized spacial score (nSPS) is 8.00. The van der Waals surface area contributed by atoms with E-state index >= 15 is 0 Å². The average molecular weight is 153 g/mol. The number of ether oxygens (including phenoxy) is 1. The maximum Gasteiger partial charge on any atom is 0.0601 e. The van der Waals surface area contributed by atoms with Crippen LogP contribution in [-0.4, -0.2) is 19.1 Å². The Bertz CT molecular complexity index is 28.1. The zero-order valence-corrected chi connectivity index (χ0v) is 7.37. The monoisotopic (exact) mass is 152 g/mol. The smallest absolute Gasteiger partial charge is 0.0601 e. The first-order valence-corrected chi connectivity index (χ1v) is 4.09. The van der Waals surface area contributed by atoms with Crippen LogP contribution in [0.1, 0.15) is 27.2 Å². The lowest BCUT2D eigenvalue weighted by Gasteiger charge is -1.94. The standard InChI is InChI=1S/C5H11ClO.C2H6/c1-2-4-7-5-3-6;1-2/h2-5H2,1H3;1-2H3. The van der Waals surface area contributed by atoms with Gasteiger partial charge in [-0.2, -0.15) is 0 Å². The zero-order chi connectivity index (χ0) is 7.54. The summed E-state index contributed by atoms with van der Waals surface area (Å²) in [5.74, 6) is 0.611. The Balaban J connectivity index is 0. The highest BCUT2D eigenvalue weighted by Crippen LogP contribution is 1.80. The Morgan fingerprint density at radius 1 is 1.22 bits per heavy atom. The molecule has 0 N–H and O–H groups in total. The highest BCUT2D eigenvalue weighted by molar-refractivity contribution is 6.17. The van der Waals surface area contributed by atoms with Gasteiger partial charge in [-0.15, -0.1) is 11.6 Å². The Morgan fingerprint density at radius 2 is 1.78 bits per heavy atom. The highest BCUT2D eigenvalue weighted by Gasteiger charge is 1.79. The SMILES string of the molecule is CC.CCCOCCCl. The van der Waals surface area contributed by atoms with Crippen molar-refractivity contribution in [2.24, 2.45) is 0 Å². The van der Waals surface area contributed by atoms with Gasteiger partial charge in [0.05, 0.1) is 6.61 Å². The van der Waals surface area contributed by atoms with E-state index in [-0.39, 0.29) is 0 Å². The molecule has 0 aromatic rings. The van der Waals surface area contributed by atoms with Gasteiger partial charge in [0, 0.05) is 12.5 Å². The molecule has 0 fully saturated rings. The Labute approximate surface area is 63.4 Å². The van der Waals surface area contributed by atoms with Crippen molar-refractivity contribution < 1.29 is 4.74 Å². The molecule has 2 heteroatoms. The van der Waals surface area contributed by atoms with Gasteiger partial charge in [0.2, 0.25) is 0 Å². The van der Waals surface area contributed by atoms with Crippen LogP contribution >= 0.6 is 11.6 Å². The fourth-order valence-corrected chi connectivity index (χ4v) is 0.410. The second-order valence-corrected chi connectivity index (χ2v) is 1.68. The van der Waals surface area contributed by atoms with Gasteiger partial charge >= 0.3 is 0 Å². The van der Waals surface area contributed by atoms with Crippen molar-refractivity contribution in [3.05, 3.63) is 0 Å². The molecule has 0 aliphatic heterocycles. The van der Waals surface area contributed by atoms with Crippen LogP contribution in [-0.2, 0) is 4.74 Å². The van der Waals surface area contributed by atoms with Gasteiger partial charge in [-0.3, -0.25) is 0 Å². The van der Waals surface area contributed by atoms with Crippen molar-refractivity contribution in [3.8, 4) is 0 Å². The van der Waals surface area contributed by atoms with Crippen molar-refractivity contribution in [3.63, 3.8) is 0 Å². The molecule has 0 atom stereocenters. The van der Waals surface area contributed by atoms with Crippen LogP contribution in [0.3, 0.4) is 0 Å². The summed E-state index contributed by atoms with van der Waals surface area (Å²) in [6.45, 7) is 7.61. The van der Waals surface area contributed by atoms with E-state index < -0.39 is 0 Å². The van der Waals surface area contributed by atoms with Crippen molar-refractivity contribution in [1.82, 2.24) is 0 Å². The van der Waals surface area contributed by atoms with E-state index in [1.54, 1.807) is 0 Å². The highest BCUT2D eigenvalue weighted by atomic mass is 35.5. The van der Waals surface area contributed by atoms with Gasteiger partial charge < -0.3 is 4.74 Å². The minimum Gasteiger partial charge on any atom is -0.380 e. The number of alkyl halides is 1. The topological polar surface area (TPSA) is 9.23 Å². The summed E-state index contributed by atoms with van der Waals surface area (Å²) >= 11 is 5.31. The average Bonchev–Trinajstić information content (AvgIpc) is 1.94. The maximum absolute atomic E-state index is 5.31. The number of hydrogen-bond donors (Lipinski definition) is 0. The van der Waals surface area contributed by atoms with E-state index in [4.69, 9.17) is 16.3 Å². The Kier molecular flexibility index (Phi) is 20.9. The molecule has 0 radical (unpaired) electrons. The lowest BCUT2D eigenvalue weighted by atomic mass is 10.5. The predicted octanol–water partition coefficient (Wildman–Crippen LogP) is 2.68. The molecular weight excluding hydrogens is 136 g/mol. The zero-order valence-electron chi connectivity index (χ0n) is 6.61. The van der Waals surface area contributed by atoms with E-state index in [1.165, 1.54) is 0 Å². The van der Waals surface area contributed by atoms with Crippen molar-refractivity contribution in [2.45, 2.75) is 27.2 Å². The summed E-state index contributed by atoms with van der Waals surface area (Å²) < 4.78 is 5.00. The molecule has 1 nitrogen and oxygen atoms in total. The molecular formula is C7H17ClO. The third-order valence-corrected chi connectivity index (χ3v) is 0.724. The third kappa shape index (κ3) is 17.8. The molecule has 0 aromatic carbocycles. The summed E-state index contributed by atoms with van der Waals surface area (Å²) in [4.78, 5) is 0. The van der Waals surface area contributed by atoms with Crippen LogP contribution in [0.5, 0.6) is 0 Å². The maximum atomic E-state index is 5.31. The van der Waals surface area contributed by atoms with E-state index in [1.807, 2.05) is 13.8 Å². The molecule has 58 valence electrons. The molecule has 0 amide bonds. The molecule has 0 aliphatic carbocycles. The lowest BCUT2D eigenvalue weighted by Crippen LogP contribution is -1.95. The number of hydrogen-bond acceptors (Lipinski definition) is 1. The van der Waals surface area contributed by atoms with Crippen LogP contribution in [0.2, 0.25) is 0 Å². The van der Waals surface area contributed by atoms with E-state index in [0.29, 0.717) is 12.5 Å². The Hall–Kier alpha value is 0.250. The van der Waals surface area contributed by atoms with Crippen LogP contribution in [0.15, 0.2) is 0 Å². The molecule has 0 aromatic heterocycles. The number of rotatable bonds is 4. The summed E-state index contributed by atoms with van der Waals surface area (Å²) in [5.41, 5.74) is 0. The predicted molar refractivity (Wildman–Crippen MR) is 43.2 cm³/mol.